The van der Waals surface area contributed by atoms with Gasteiger partial charge in [0.15, 0.2) is 17.3 Å². The first-order valence-electron chi connectivity index (χ1n) is 11.4. The van der Waals surface area contributed by atoms with Crippen LogP contribution in [-0.4, -0.2) is 71.1 Å². The first-order chi connectivity index (χ1) is 16.9. The van der Waals surface area contributed by atoms with Crippen molar-refractivity contribution in [3.05, 3.63) is 53.3 Å². The molecule has 3 aliphatic rings. The molecule has 2 fully saturated rings. The molecule has 3 atom stereocenters. The number of β-amino-alcohol motifs (C(OH)–C–C–N with tert-alkyl or cyclic N) is 1. The molecule has 0 spiro atoms. The molecule has 5 heterocycles. The Morgan fingerprint density at radius 1 is 1.23 bits per heavy atom. The van der Waals surface area contributed by atoms with E-state index >= 15 is 0 Å². The number of benzene rings is 1. The predicted molar refractivity (Wildman–Crippen MR) is 124 cm³/mol. The topological polar surface area (TPSA) is 140 Å². The number of carbonyl (C=O) groups is 2. The molecule has 3 unspecified atom stereocenters. The number of rotatable bonds is 5. The van der Waals surface area contributed by atoms with Crippen molar-refractivity contribution in [1.82, 2.24) is 20.5 Å². The minimum atomic E-state index is -1.41. The van der Waals surface area contributed by atoms with Crippen LogP contribution in [0.1, 0.15) is 28.1 Å². The van der Waals surface area contributed by atoms with Gasteiger partial charge in [-0.1, -0.05) is 6.07 Å². The Hall–Kier alpha value is -3.83. The quantitative estimate of drug-likeness (QED) is 0.423. The van der Waals surface area contributed by atoms with Crippen molar-refractivity contribution >= 4 is 28.9 Å². The van der Waals surface area contributed by atoms with E-state index in [9.17, 15) is 19.8 Å². The lowest BCUT2D eigenvalue weighted by Crippen LogP contribution is -2.54. The summed E-state index contributed by atoms with van der Waals surface area (Å²) < 4.78 is 11.3. The van der Waals surface area contributed by atoms with Crippen molar-refractivity contribution < 1.29 is 29.0 Å². The largest absolute Gasteiger partial charge is 0.497 e. The van der Waals surface area contributed by atoms with Crippen LogP contribution in [0.5, 0.6) is 5.75 Å². The smallest absolute Gasteiger partial charge is 0.317 e. The molecule has 0 radical (unpaired) electrons. The van der Waals surface area contributed by atoms with Crippen LogP contribution in [0.2, 0.25) is 0 Å². The third kappa shape index (κ3) is 3.46. The zero-order valence-electron chi connectivity index (χ0n) is 19.0. The molecule has 6 rings (SSSR count). The third-order valence-corrected chi connectivity index (χ3v) is 6.99. The lowest BCUT2D eigenvalue weighted by Gasteiger charge is -2.33. The highest BCUT2D eigenvalue weighted by molar-refractivity contribution is 5.99. The Bertz CT molecular complexity index is 1340. The number of hydrogen-bond donors (Lipinski definition) is 4. The highest BCUT2D eigenvalue weighted by Crippen LogP contribution is 2.36. The van der Waals surface area contributed by atoms with Gasteiger partial charge in [0, 0.05) is 31.3 Å². The van der Waals surface area contributed by atoms with E-state index in [4.69, 9.17) is 9.15 Å². The molecule has 11 nitrogen and oxygen atoms in total. The summed E-state index contributed by atoms with van der Waals surface area (Å²) in [5.74, 6) is 1.35. The number of aliphatic hydroxyl groups is 2. The number of hydrogen-bond acceptors (Lipinski definition) is 8. The van der Waals surface area contributed by atoms with Crippen LogP contribution >= 0.6 is 0 Å². The molecule has 3 aromatic rings. The number of aliphatic hydroxyl groups excluding tert-OH is 2. The lowest BCUT2D eigenvalue weighted by molar-refractivity contribution is 0.0353. The van der Waals surface area contributed by atoms with Gasteiger partial charge in [-0.15, -0.1) is 0 Å². The van der Waals surface area contributed by atoms with E-state index in [0.717, 1.165) is 5.56 Å². The number of methoxy groups -OCH3 is 1. The van der Waals surface area contributed by atoms with Crippen molar-refractivity contribution in [3.8, 4) is 5.75 Å². The fourth-order valence-electron chi connectivity index (χ4n) is 5.11. The average Bonchev–Trinajstić information content (AvgIpc) is 3.60. The summed E-state index contributed by atoms with van der Waals surface area (Å²) in [4.78, 5) is 33.7. The van der Waals surface area contributed by atoms with Crippen molar-refractivity contribution in [1.29, 1.82) is 0 Å². The second-order valence-electron chi connectivity index (χ2n) is 9.21. The summed E-state index contributed by atoms with van der Waals surface area (Å²) in [6.45, 7) is 1.51. The number of nitrogens with zero attached hydrogens (tertiary/aromatic N) is 3. The Morgan fingerprint density at radius 2 is 2.09 bits per heavy atom. The van der Waals surface area contributed by atoms with Gasteiger partial charge in [-0.3, -0.25) is 4.79 Å². The molecule has 1 aromatic carbocycles. The molecule has 35 heavy (non-hydrogen) atoms. The maximum Gasteiger partial charge on any atom is 0.317 e. The summed E-state index contributed by atoms with van der Waals surface area (Å²) in [6.07, 6.45) is -1.04. The van der Waals surface area contributed by atoms with Gasteiger partial charge in [0.05, 0.1) is 19.8 Å². The number of urea groups is 1. The highest BCUT2D eigenvalue weighted by atomic mass is 16.5. The molecule has 2 saturated heterocycles. The number of pyridine rings is 1. The molecular weight excluding hydrogens is 454 g/mol. The maximum atomic E-state index is 13.2. The van der Waals surface area contributed by atoms with Crippen LogP contribution in [-0.2, 0) is 12.1 Å². The fraction of sp³-hybridized carbons (Fsp3) is 0.375. The molecule has 3 amide bonds. The number of furan rings is 1. The summed E-state index contributed by atoms with van der Waals surface area (Å²) in [6, 6.07) is 10.0. The zero-order valence-corrected chi connectivity index (χ0v) is 19.0. The molecule has 11 heteroatoms. The van der Waals surface area contributed by atoms with Crippen LogP contribution in [0, 0.1) is 0 Å². The van der Waals surface area contributed by atoms with Crippen molar-refractivity contribution in [2.24, 2.45) is 0 Å². The van der Waals surface area contributed by atoms with E-state index in [2.05, 4.69) is 15.6 Å². The molecule has 3 aliphatic heterocycles. The standard InChI is InChI=1S/C24H25N5O6/c1-34-15-3-2-13-10-29(21(31)16(13)8-15)12-24(22(32)26-23(33)27-24)19-9-17-18(35-19)4-5-20(25-17)28-7-6-14(30)11-28/h2-5,8-9,14,22,30,32H,6-7,10-12H2,1H3,(H2,26,27,33). The minimum Gasteiger partial charge on any atom is -0.497 e. The number of amides is 3. The number of anilines is 1. The Morgan fingerprint density at radius 3 is 2.80 bits per heavy atom. The first-order valence-corrected chi connectivity index (χ1v) is 11.4. The van der Waals surface area contributed by atoms with E-state index in [1.165, 1.54) is 7.11 Å². The summed E-state index contributed by atoms with van der Waals surface area (Å²) in [7, 11) is 1.54. The Balaban J connectivity index is 1.35. The van der Waals surface area contributed by atoms with Gasteiger partial charge in [0.25, 0.3) is 5.91 Å². The van der Waals surface area contributed by atoms with E-state index in [1.54, 1.807) is 29.2 Å². The van der Waals surface area contributed by atoms with E-state index in [-0.39, 0.29) is 24.3 Å². The second kappa shape index (κ2) is 7.85. The highest BCUT2D eigenvalue weighted by Gasteiger charge is 2.52. The minimum absolute atomic E-state index is 0.0201. The summed E-state index contributed by atoms with van der Waals surface area (Å²) >= 11 is 0. The number of nitrogens with one attached hydrogen (secondary N) is 2. The molecule has 2 aromatic heterocycles. The van der Waals surface area contributed by atoms with E-state index in [0.29, 0.717) is 54.3 Å². The van der Waals surface area contributed by atoms with Crippen LogP contribution in [0.3, 0.4) is 0 Å². The van der Waals surface area contributed by atoms with Crippen LogP contribution in [0.25, 0.3) is 11.1 Å². The summed E-state index contributed by atoms with van der Waals surface area (Å²) in [5, 5.41) is 26.0. The van der Waals surface area contributed by atoms with Crippen molar-refractivity contribution in [3.63, 3.8) is 0 Å². The zero-order chi connectivity index (χ0) is 24.3. The lowest BCUT2D eigenvalue weighted by atomic mass is 9.94. The predicted octanol–water partition coefficient (Wildman–Crippen LogP) is 0.890. The first kappa shape index (κ1) is 21.7. The van der Waals surface area contributed by atoms with Gasteiger partial charge in [0.1, 0.15) is 22.8 Å². The van der Waals surface area contributed by atoms with Gasteiger partial charge in [-0.05, 0) is 36.2 Å². The van der Waals surface area contributed by atoms with Crippen LogP contribution in [0.15, 0.2) is 40.8 Å². The normalized spacial score (nSPS) is 25.8. The Kier molecular flexibility index (Phi) is 4.87. The van der Waals surface area contributed by atoms with Gasteiger partial charge in [-0.25, -0.2) is 9.78 Å². The maximum absolute atomic E-state index is 13.2. The average molecular weight is 479 g/mol. The van der Waals surface area contributed by atoms with Gasteiger partial charge < -0.3 is 39.8 Å². The van der Waals surface area contributed by atoms with Crippen molar-refractivity contribution in [2.45, 2.75) is 30.8 Å². The SMILES string of the molecule is COc1ccc2c(c1)C(=O)N(CC1(c3cc4nc(N5CCC(O)C5)ccc4o3)NC(=O)NC1O)C2. The fourth-order valence-corrected chi connectivity index (χ4v) is 5.11. The molecule has 182 valence electrons. The van der Waals surface area contributed by atoms with E-state index < -0.39 is 17.8 Å². The molecule has 4 N–H and O–H groups in total. The van der Waals surface area contributed by atoms with Crippen LogP contribution < -0.4 is 20.3 Å². The third-order valence-electron chi connectivity index (χ3n) is 6.99. The molecule has 0 bridgehead atoms. The number of aromatic nitrogens is 1. The monoisotopic (exact) mass is 479 g/mol. The molecular formula is C24H25N5O6. The van der Waals surface area contributed by atoms with E-state index in [1.807, 2.05) is 17.0 Å². The number of fused-ring (bicyclic) bond motifs is 2. The number of ether oxygens (including phenoxy) is 1. The second-order valence-corrected chi connectivity index (χ2v) is 9.21. The van der Waals surface area contributed by atoms with Gasteiger partial charge in [-0.2, -0.15) is 0 Å². The van der Waals surface area contributed by atoms with Crippen LogP contribution in [0.4, 0.5) is 10.6 Å². The summed E-state index contributed by atoms with van der Waals surface area (Å²) in [5.41, 5.74) is 0.977. The molecule has 0 saturated carbocycles. The molecule has 0 aliphatic carbocycles. The Labute approximate surface area is 200 Å². The number of carbonyl (C=O) groups excluding carboxylic acids is 2. The van der Waals surface area contributed by atoms with Gasteiger partial charge >= 0.3 is 6.03 Å². The van der Waals surface area contributed by atoms with Gasteiger partial charge in [0.2, 0.25) is 0 Å². The van der Waals surface area contributed by atoms with Crippen molar-refractivity contribution in [2.75, 3.05) is 31.6 Å².